The second kappa shape index (κ2) is 5.56. The fourth-order valence-electron chi connectivity index (χ4n) is 3.04. The minimum atomic E-state index is 0.0418. The lowest BCUT2D eigenvalue weighted by atomic mass is 10.0. The van der Waals surface area contributed by atoms with Crippen molar-refractivity contribution in [1.29, 1.82) is 0 Å². The summed E-state index contributed by atoms with van der Waals surface area (Å²) in [6, 6.07) is 23.4. The number of benzene rings is 3. The summed E-state index contributed by atoms with van der Waals surface area (Å²) in [6.07, 6.45) is 0. The van der Waals surface area contributed by atoms with E-state index < -0.39 is 0 Å². The summed E-state index contributed by atoms with van der Waals surface area (Å²) < 4.78 is 0. The van der Waals surface area contributed by atoms with E-state index in [1.165, 1.54) is 0 Å². The first kappa shape index (κ1) is 14.0. The molecule has 3 aromatic rings. The smallest absolute Gasteiger partial charge is 0.258 e. The summed E-state index contributed by atoms with van der Waals surface area (Å²) in [4.78, 5) is 14.6. The van der Waals surface area contributed by atoms with Crippen molar-refractivity contribution in [2.24, 2.45) is 0 Å². The SMILES string of the molecule is O=C1c2ccccc2CN1c1ccc(Cl)cc1-c1ccccc1. The van der Waals surface area contributed by atoms with Gasteiger partial charge in [-0.2, -0.15) is 0 Å². The number of halogens is 1. The van der Waals surface area contributed by atoms with E-state index in [-0.39, 0.29) is 5.91 Å². The van der Waals surface area contributed by atoms with Crippen molar-refractivity contribution in [3.63, 3.8) is 0 Å². The highest BCUT2D eigenvalue weighted by Crippen LogP contribution is 2.37. The maximum atomic E-state index is 12.8. The summed E-state index contributed by atoms with van der Waals surface area (Å²) in [5.41, 5.74) is 4.75. The fourth-order valence-corrected chi connectivity index (χ4v) is 3.21. The fraction of sp³-hybridized carbons (Fsp3) is 0.0500. The van der Waals surface area contributed by atoms with Crippen LogP contribution in [-0.4, -0.2) is 5.91 Å². The number of rotatable bonds is 2. The molecule has 2 nitrogen and oxygen atoms in total. The Kier molecular flexibility index (Phi) is 3.40. The van der Waals surface area contributed by atoms with Gasteiger partial charge in [0.25, 0.3) is 5.91 Å². The molecule has 0 spiro atoms. The molecule has 0 saturated heterocycles. The van der Waals surface area contributed by atoms with Gasteiger partial charge in [-0.3, -0.25) is 4.79 Å². The summed E-state index contributed by atoms with van der Waals surface area (Å²) >= 11 is 6.20. The third kappa shape index (κ3) is 2.41. The highest BCUT2D eigenvalue weighted by Gasteiger charge is 2.29. The largest absolute Gasteiger partial charge is 0.303 e. The highest BCUT2D eigenvalue weighted by atomic mass is 35.5. The van der Waals surface area contributed by atoms with Crippen LogP contribution in [0.25, 0.3) is 11.1 Å². The van der Waals surface area contributed by atoms with E-state index >= 15 is 0 Å². The molecule has 0 aliphatic carbocycles. The van der Waals surface area contributed by atoms with Gasteiger partial charge in [0.05, 0.1) is 12.2 Å². The molecule has 0 atom stereocenters. The Morgan fingerprint density at radius 3 is 2.35 bits per heavy atom. The van der Waals surface area contributed by atoms with Gasteiger partial charge in [-0.1, -0.05) is 60.1 Å². The first-order chi connectivity index (χ1) is 11.2. The molecule has 112 valence electrons. The zero-order valence-electron chi connectivity index (χ0n) is 12.4. The first-order valence-corrected chi connectivity index (χ1v) is 7.86. The van der Waals surface area contributed by atoms with Crippen molar-refractivity contribution in [2.75, 3.05) is 4.90 Å². The zero-order valence-corrected chi connectivity index (χ0v) is 13.1. The zero-order chi connectivity index (χ0) is 15.8. The monoisotopic (exact) mass is 319 g/mol. The number of fused-ring (bicyclic) bond motifs is 1. The molecule has 1 aliphatic rings. The summed E-state index contributed by atoms with van der Waals surface area (Å²) in [7, 11) is 0. The van der Waals surface area contributed by atoms with E-state index in [0.717, 1.165) is 27.9 Å². The molecular weight excluding hydrogens is 306 g/mol. The lowest BCUT2D eigenvalue weighted by Crippen LogP contribution is -2.23. The molecule has 1 heterocycles. The van der Waals surface area contributed by atoms with E-state index in [9.17, 15) is 4.79 Å². The van der Waals surface area contributed by atoms with Gasteiger partial charge in [0.2, 0.25) is 0 Å². The van der Waals surface area contributed by atoms with Crippen LogP contribution in [0, 0.1) is 0 Å². The number of carbonyl (C=O) groups excluding carboxylic acids is 1. The van der Waals surface area contributed by atoms with Crippen molar-refractivity contribution in [2.45, 2.75) is 6.54 Å². The highest BCUT2D eigenvalue weighted by molar-refractivity contribution is 6.31. The molecular formula is C20H14ClNO. The van der Waals surface area contributed by atoms with Gasteiger partial charge in [0, 0.05) is 16.1 Å². The van der Waals surface area contributed by atoms with Gasteiger partial charge in [0.1, 0.15) is 0 Å². The van der Waals surface area contributed by atoms with E-state index in [0.29, 0.717) is 11.6 Å². The average molecular weight is 320 g/mol. The average Bonchev–Trinajstić information content (AvgIpc) is 2.93. The van der Waals surface area contributed by atoms with Crippen molar-refractivity contribution >= 4 is 23.2 Å². The number of amides is 1. The normalized spacial score (nSPS) is 13.3. The Bertz CT molecular complexity index is 889. The molecule has 23 heavy (non-hydrogen) atoms. The van der Waals surface area contributed by atoms with Gasteiger partial charge in [-0.15, -0.1) is 0 Å². The molecule has 0 unspecified atom stereocenters. The predicted octanol–water partition coefficient (Wildman–Crippen LogP) is 5.17. The first-order valence-electron chi connectivity index (χ1n) is 7.49. The van der Waals surface area contributed by atoms with Gasteiger partial charge in [-0.05, 0) is 35.4 Å². The number of carbonyl (C=O) groups is 1. The quantitative estimate of drug-likeness (QED) is 0.638. The molecule has 4 rings (SSSR count). The third-order valence-electron chi connectivity index (χ3n) is 4.16. The van der Waals surface area contributed by atoms with E-state index in [2.05, 4.69) is 0 Å². The molecule has 3 aromatic carbocycles. The third-order valence-corrected chi connectivity index (χ3v) is 4.39. The van der Waals surface area contributed by atoms with Crippen LogP contribution >= 0.6 is 11.6 Å². The number of hydrogen-bond acceptors (Lipinski definition) is 1. The lowest BCUT2D eigenvalue weighted by Gasteiger charge is -2.20. The van der Waals surface area contributed by atoms with Crippen molar-refractivity contribution in [1.82, 2.24) is 0 Å². The van der Waals surface area contributed by atoms with Crippen LogP contribution in [0.5, 0.6) is 0 Å². The Balaban J connectivity index is 1.84. The maximum Gasteiger partial charge on any atom is 0.258 e. The molecule has 1 aliphatic heterocycles. The standard InChI is InChI=1S/C20H14ClNO/c21-16-10-11-19(18(12-16)14-6-2-1-3-7-14)22-13-15-8-4-5-9-17(15)20(22)23/h1-12H,13H2. The molecule has 1 amide bonds. The Hall–Kier alpha value is -2.58. The Morgan fingerprint density at radius 1 is 0.826 bits per heavy atom. The molecule has 0 saturated carbocycles. The number of anilines is 1. The summed E-state index contributed by atoms with van der Waals surface area (Å²) in [6.45, 7) is 0.594. The van der Waals surface area contributed by atoms with Crippen molar-refractivity contribution in [3.05, 3.63) is 88.9 Å². The van der Waals surface area contributed by atoms with Crippen LogP contribution in [0.1, 0.15) is 15.9 Å². The van der Waals surface area contributed by atoms with Crippen LogP contribution in [0.2, 0.25) is 5.02 Å². The second-order valence-electron chi connectivity index (χ2n) is 5.58. The Labute approximate surface area is 139 Å². The van der Waals surface area contributed by atoms with Gasteiger partial charge < -0.3 is 4.90 Å². The van der Waals surface area contributed by atoms with Crippen LogP contribution in [0.3, 0.4) is 0 Å². The van der Waals surface area contributed by atoms with Crippen LogP contribution in [-0.2, 0) is 6.54 Å². The Morgan fingerprint density at radius 2 is 1.57 bits per heavy atom. The van der Waals surface area contributed by atoms with E-state index in [4.69, 9.17) is 11.6 Å². The van der Waals surface area contributed by atoms with E-state index in [1.807, 2.05) is 77.7 Å². The topological polar surface area (TPSA) is 20.3 Å². The molecule has 0 aromatic heterocycles. The molecule has 0 fully saturated rings. The number of nitrogens with zero attached hydrogens (tertiary/aromatic N) is 1. The van der Waals surface area contributed by atoms with Crippen molar-refractivity contribution in [3.8, 4) is 11.1 Å². The van der Waals surface area contributed by atoms with Gasteiger partial charge in [0.15, 0.2) is 0 Å². The molecule has 0 radical (unpaired) electrons. The van der Waals surface area contributed by atoms with Gasteiger partial charge in [-0.25, -0.2) is 0 Å². The molecule has 0 bridgehead atoms. The van der Waals surface area contributed by atoms with Crippen LogP contribution in [0.15, 0.2) is 72.8 Å². The van der Waals surface area contributed by atoms with E-state index in [1.54, 1.807) is 0 Å². The van der Waals surface area contributed by atoms with Crippen LogP contribution < -0.4 is 4.90 Å². The minimum Gasteiger partial charge on any atom is -0.303 e. The molecule has 3 heteroatoms. The maximum absolute atomic E-state index is 12.8. The summed E-state index contributed by atoms with van der Waals surface area (Å²) in [5.74, 6) is 0.0418. The lowest BCUT2D eigenvalue weighted by molar-refractivity contribution is 0.0996. The minimum absolute atomic E-state index is 0.0418. The van der Waals surface area contributed by atoms with Gasteiger partial charge >= 0.3 is 0 Å². The van der Waals surface area contributed by atoms with Crippen LogP contribution in [0.4, 0.5) is 5.69 Å². The number of hydrogen-bond donors (Lipinski definition) is 0. The molecule has 0 N–H and O–H groups in total. The van der Waals surface area contributed by atoms with Crippen molar-refractivity contribution < 1.29 is 4.79 Å². The predicted molar refractivity (Wildman–Crippen MR) is 93.8 cm³/mol. The second-order valence-corrected chi connectivity index (χ2v) is 6.01. The summed E-state index contributed by atoms with van der Waals surface area (Å²) in [5, 5.41) is 0.664.